The van der Waals surface area contributed by atoms with Crippen molar-refractivity contribution in [3.8, 4) is 0 Å². The van der Waals surface area contributed by atoms with Crippen molar-refractivity contribution in [1.29, 1.82) is 0 Å². The Hall–Kier alpha value is -1.52. The van der Waals surface area contributed by atoms with Gasteiger partial charge in [0.05, 0.1) is 13.2 Å². The summed E-state index contributed by atoms with van der Waals surface area (Å²) >= 11 is 0. The molecule has 0 aromatic heterocycles. The van der Waals surface area contributed by atoms with Gasteiger partial charge < -0.3 is 35.1 Å². The number of carbonyl (C=O) groups excluding carboxylic acids is 2. The third-order valence-electron chi connectivity index (χ3n) is 4.65. The van der Waals surface area contributed by atoms with Crippen LogP contribution < -0.4 is 10.6 Å². The van der Waals surface area contributed by atoms with Crippen molar-refractivity contribution >= 4 is 11.8 Å². The average molecular weight is 342 g/mol. The van der Waals surface area contributed by atoms with Gasteiger partial charge in [0.15, 0.2) is 5.79 Å². The minimum absolute atomic E-state index is 0.00754. The highest BCUT2D eigenvalue weighted by Gasteiger charge is 2.65. The minimum Gasteiger partial charge on any atom is -0.384 e. The van der Waals surface area contributed by atoms with Crippen molar-refractivity contribution < 1.29 is 34.0 Å². The fourth-order valence-corrected chi connectivity index (χ4v) is 3.27. The highest BCUT2D eigenvalue weighted by Crippen LogP contribution is 2.39. The van der Waals surface area contributed by atoms with Gasteiger partial charge in [-0.2, -0.15) is 0 Å². The molecule has 24 heavy (non-hydrogen) atoms. The molecule has 0 aromatic rings. The molecule has 9 heteroatoms. The van der Waals surface area contributed by atoms with Crippen LogP contribution in [0.3, 0.4) is 0 Å². The Kier molecular flexibility index (Phi) is 3.60. The maximum atomic E-state index is 12.6. The van der Waals surface area contributed by atoms with E-state index in [-0.39, 0.29) is 25.2 Å². The number of carbonyl (C=O) groups is 2. The first-order valence-electron chi connectivity index (χ1n) is 7.67. The molecule has 0 radical (unpaired) electrons. The first-order chi connectivity index (χ1) is 11.0. The number of ether oxygens (including phenoxy) is 3. The van der Waals surface area contributed by atoms with Gasteiger partial charge in [0, 0.05) is 0 Å². The molecule has 0 spiro atoms. The molecule has 2 bridgehead atoms. The molecule has 4 rings (SSSR count). The summed E-state index contributed by atoms with van der Waals surface area (Å²) in [5.41, 5.74) is -5.52. The second kappa shape index (κ2) is 4.99. The van der Waals surface area contributed by atoms with E-state index in [0.717, 1.165) is 0 Å². The van der Waals surface area contributed by atoms with Crippen LogP contribution in [0, 0.1) is 0 Å². The molecule has 4 aliphatic rings. The number of nitrogens with one attached hydrogen (secondary N) is 2. The Balaban J connectivity index is 1.98. The summed E-state index contributed by atoms with van der Waals surface area (Å²) in [5, 5.41) is 25.8. The van der Waals surface area contributed by atoms with Crippen molar-refractivity contribution in [2.75, 3.05) is 13.2 Å². The lowest BCUT2D eigenvalue weighted by Crippen LogP contribution is -2.82. The molecule has 2 amide bonds. The number of piperazine rings is 1. The zero-order chi connectivity index (χ0) is 18.0. The highest BCUT2D eigenvalue weighted by atomic mass is 16.8. The molecule has 0 aromatic carbocycles. The van der Waals surface area contributed by atoms with E-state index < -0.39 is 40.8 Å². The fraction of sp³-hybridized carbons (Fsp3) is 0.733. The Labute approximate surface area is 138 Å². The monoisotopic (exact) mass is 342 g/mol. The molecule has 4 fully saturated rings. The van der Waals surface area contributed by atoms with Crippen LogP contribution in [-0.4, -0.2) is 64.2 Å². The standard InChI is InChI=1S/C15H22N2O7/c1-8-5-6-22-15(11(20)16-14(8,21)10(19)17-15)9(18)13(4)7-23-12(2,3)24-13/h9,18,21H,1,5-7H2,2-4H3,(H,16,20)(H,17,19)/t9-,13-,14+,15-/m0/s1. The van der Waals surface area contributed by atoms with Gasteiger partial charge in [-0.3, -0.25) is 9.59 Å². The largest absolute Gasteiger partial charge is 0.384 e. The van der Waals surface area contributed by atoms with Gasteiger partial charge in [-0.05, 0) is 32.8 Å². The summed E-state index contributed by atoms with van der Waals surface area (Å²) in [7, 11) is 0. The lowest BCUT2D eigenvalue weighted by molar-refractivity contribution is -0.240. The summed E-state index contributed by atoms with van der Waals surface area (Å²) in [6.45, 7) is 8.48. The van der Waals surface area contributed by atoms with Crippen molar-refractivity contribution in [3.63, 3.8) is 0 Å². The zero-order valence-electron chi connectivity index (χ0n) is 13.8. The molecule has 0 unspecified atom stereocenters. The predicted octanol–water partition coefficient (Wildman–Crippen LogP) is -1.50. The predicted molar refractivity (Wildman–Crippen MR) is 79.2 cm³/mol. The van der Waals surface area contributed by atoms with Crippen LogP contribution in [0.5, 0.6) is 0 Å². The summed E-state index contributed by atoms with van der Waals surface area (Å²) in [4.78, 5) is 25.0. The Morgan fingerprint density at radius 2 is 1.83 bits per heavy atom. The SMILES string of the molecule is C=C1CCO[C@]2([C@@H](O)[C@]3(C)COC(C)(C)O3)NC(=O)[C@@]1(O)NC2=O. The number of aliphatic hydroxyl groups is 2. The summed E-state index contributed by atoms with van der Waals surface area (Å²) in [6.07, 6.45) is -1.44. The Morgan fingerprint density at radius 1 is 1.17 bits per heavy atom. The molecule has 4 N–H and O–H groups in total. The molecular formula is C15H22N2O7. The minimum atomic E-state index is -2.22. The van der Waals surface area contributed by atoms with E-state index in [1.54, 1.807) is 20.8 Å². The second-order valence-electron chi connectivity index (χ2n) is 7.06. The lowest BCUT2D eigenvalue weighted by atomic mass is 9.85. The topological polar surface area (TPSA) is 126 Å². The fourth-order valence-electron chi connectivity index (χ4n) is 3.27. The van der Waals surface area contributed by atoms with E-state index in [1.165, 1.54) is 0 Å². The zero-order valence-corrected chi connectivity index (χ0v) is 13.8. The molecule has 4 atom stereocenters. The van der Waals surface area contributed by atoms with E-state index in [4.69, 9.17) is 14.2 Å². The van der Waals surface area contributed by atoms with Gasteiger partial charge in [0.2, 0.25) is 5.72 Å². The van der Waals surface area contributed by atoms with Crippen LogP contribution in [-0.2, 0) is 23.8 Å². The van der Waals surface area contributed by atoms with Crippen molar-refractivity contribution in [3.05, 3.63) is 12.2 Å². The van der Waals surface area contributed by atoms with Gasteiger partial charge in [-0.15, -0.1) is 0 Å². The molecule has 4 heterocycles. The number of amides is 2. The molecule has 0 saturated carbocycles. The highest BCUT2D eigenvalue weighted by molar-refractivity contribution is 6.02. The molecule has 134 valence electrons. The lowest BCUT2D eigenvalue weighted by Gasteiger charge is -2.50. The van der Waals surface area contributed by atoms with Gasteiger partial charge >= 0.3 is 0 Å². The third kappa shape index (κ3) is 2.27. The van der Waals surface area contributed by atoms with Crippen LogP contribution in [0.15, 0.2) is 12.2 Å². The second-order valence-corrected chi connectivity index (χ2v) is 7.06. The quantitative estimate of drug-likeness (QED) is 0.450. The van der Waals surface area contributed by atoms with E-state index >= 15 is 0 Å². The summed E-state index contributed by atoms with van der Waals surface area (Å²) in [5.74, 6) is -2.77. The molecule has 9 nitrogen and oxygen atoms in total. The van der Waals surface area contributed by atoms with Crippen LogP contribution in [0.2, 0.25) is 0 Å². The van der Waals surface area contributed by atoms with Gasteiger partial charge in [-0.25, -0.2) is 0 Å². The van der Waals surface area contributed by atoms with Crippen LogP contribution in [0.1, 0.15) is 27.2 Å². The number of hydrogen-bond donors (Lipinski definition) is 4. The number of rotatable bonds is 2. The van der Waals surface area contributed by atoms with Gasteiger partial charge in [0.25, 0.3) is 17.5 Å². The van der Waals surface area contributed by atoms with Crippen molar-refractivity contribution in [2.45, 2.75) is 56.1 Å². The van der Waals surface area contributed by atoms with E-state index in [2.05, 4.69) is 17.2 Å². The maximum Gasteiger partial charge on any atom is 0.280 e. The van der Waals surface area contributed by atoms with E-state index in [1.807, 2.05) is 0 Å². The number of fused-ring (bicyclic) bond motifs is 5. The smallest absolute Gasteiger partial charge is 0.280 e. The Bertz CT molecular complexity index is 621. The summed E-state index contributed by atoms with van der Waals surface area (Å²) < 4.78 is 16.8. The number of hydrogen-bond acceptors (Lipinski definition) is 7. The normalized spacial score (nSPS) is 43.0. The van der Waals surface area contributed by atoms with Crippen LogP contribution >= 0.6 is 0 Å². The van der Waals surface area contributed by atoms with Gasteiger partial charge in [-0.1, -0.05) is 6.58 Å². The van der Waals surface area contributed by atoms with E-state index in [0.29, 0.717) is 0 Å². The molecule has 0 aliphatic carbocycles. The Morgan fingerprint density at radius 3 is 2.42 bits per heavy atom. The van der Waals surface area contributed by atoms with Crippen LogP contribution in [0.4, 0.5) is 0 Å². The van der Waals surface area contributed by atoms with Gasteiger partial charge in [0.1, 0.15) is 11.7 Å². The first-order valence-corrected chi connectivity index (χ1v) is 7.67. The molecular weight excluding hydrogens is 320 g/mol. The average Bonchev–Trinajstić information content (AvgIpc) is 2.77. The maximum absolute atomic E-state index is 12.6. The van der Waals surface area contributed by atoms with Crippen molar-refractivity contribution in [1.82, 2.24) is 10.6 Å². The van der Waals surface area contributed by atoms with E-state index in [9.17, 15) is 19.8 Å². The summed E-state index contributed by atoms with van der Waals surface area (Å²) in [6, 6.07) is 0. The molecule has 4 aliphatic heterocycles. The van der Waals surface area contributed by atoms with Crippen molar-refractivity contribution in [2.24, 2.45) is 0 Å². The molecule has 4 saturated heterocycles. The van der Waals surface area contributed by atoms with Crippen LogP contribution in [0.25, 0.3) is 0 Å². The third-order valence-corrected chi connectivity index (χ3v) is 4.65. The first kappa shape index (κ1) is 17.3. The number of aliphatic hydroxyl groups excluding tert-OH is 1.